The van der Waals surface area contributed by atoms with Crippen LogP contribution in [0.5, 0.6) is 0 Å². The third-order valence-corrected chi connectivity index (χ3v) is 5.98. The van der Waals surface area contributed by atoms with Gasteiger partial charge in [-0.15, -0.1) is 0 Å². The number of benzene rings is 2. The molecule has 0 saturated carbocycles. The molecule has 7 nitrogen and oxygen atoms in total. The Kier molecular flexibility index (Phi) is 5.69. The number of hydrogen-bond acceptors (Lipinski definition) is 6. The van der Waals surface area contributed by atoms with E-state index in [4.69, 9.17) is 23.2 Å². The number of anilines is 2. The summed E-state index contributed by atoms with van der Waals surface area (Å²) in [5.74, 6) is 0.0721. The molecule has 2 aromatic carbocycles. The van der Waals surface area contributed by atoms with Gasteiger partial charge in [0.1, 0.15) is 11.2 Å². The van der Waals surface area contributed by atoms with Crippen molar-refractivity contribution < 1.29 is 8.78 Å². The van der Waals surface area contributed by atoms with E-state index in [2.05, 4.69) is 25.7 Å². The Labute approximate surface area is 196 Å². The van der Waals surface area contributed by atoms with E-state index in [0.29, 0.717) is 5.69 Å². The predicted molar refractivity (Wildman–Crippen MR) is 123 cm³/mol. The highest BCUT2D eigenvalue weighted by Crippen LogP contribution is 2.30. The van der Waals surface area contributed by atoms with Crippen LogP contribution in [0, 0.1) is 0 Å². The van der Waals surface area contributed by atoms with E-state index in [-0.39, 0.29) is 32.6 Å². The molecule has 1 aliphatic heterocycles. The van der Waals surface area contributed by atoms with Crippen LogP contribution in [0.15, 0.2) is 47.4 Å². The molecule has 0 atom stereocenters. The van der Waals surface area contributed by atoms with E-state index in [1.165, 1.54) is 23.9 Å². The molecule has 168 valence electrons. The van der Waals surface area contributed by atoms with Gasteiger partial charge >= 0.3 is 0 Å². The number of rotatable bonds is 4. The molecule has 0 amide bonds. The molecule has 0 bridgehead atoms. The number of nitrogens with zero attached hydrogens (tertiary/aromatic N) is 4. The fourth-order valence-corrected chi connectivity index (χ4v) is 4.34. The van der Waals surface area contributed by atoms with Gasteiger partial charge in [0.25, 0.3) is 12.0 Å². The number of para-hydroxylation sites is 1. The maximum atomic E-state index is 13.9. The van der Waals surface area contributed by atoms with Gasteiger partial charge in [-0.25, -0.2) is 18.7 Å². The zero-order valence-corrected chi connectivity index (χ0v) is 18.5. The lowest BCUT2D eigenvalue weighted by Crippen LogP contribution is -2.25. The zero-order chi connectivity index (χ0) is 23.1. The third kappa shape index (κ3) is 4.03. The van der Waals surface area contributed by atoms with Crippen LogP contribution in [0.2, 0.25) is 10.0 Å². The Bertz CT molecular complexity index is 1420. The summed E-state index contributed by atoms with van der Waals surface area (Å²) >= 11 is 12.3. The van der Waals surface area contributed by atoms with Crippen LogP contribution < -0.4 is 16.2 Å². The first-order valence-electron chi connectivity index (χ1n) is 10.0. The summed E-state index contributed by atoms with van der Waals surface area (Å²) in [4.78, 5) is 21.4. The second-order valence-corrected chi connectivity index (χ2v) is 8.28. The van der Waals surface area contributed by atoms with Crippen LogP contribution >= 0.6 is 23.2 Å². The summed E-state index contributed by atoms with van der Waals surface area (Å²) in [5.41, 5.74) is 1.48. The summed E-state index contributed by atoms with van der Waals surface area (Å²) in [6, 6.07) is 10.4. The van der Waals surface area contributed by atoms with Crippen LogP contribution in [0.3, 0.4) is 0 Å². The van der Waals surface area contributed by atoms with Crippen LogP contribution in [0.1, 0.15) is 23.2 Å². The van der Waals surface area contributed by atoms with Crippen LogP contribution in [0.4, 0.5) is 20.4 Å². The first kappa shape index (κ1) is 21.7. The average Bonchev–Trinajstić information content (AvgIpc) is 2.80. The SMILES string of the molecule is O=c1c2cnc(Nc3ccc4c(c3)CNCC4)nc2c(C(F)F)nn1-c1c(Cl)cccc1Cl. The largest absolute Gasteiger partial charge is 0.324 e. The van der Waals surface area contributed by atoms with Crippen LogP contribution in [0.25, 0.3) is 16.6 Å². The Balaban J connectivity index is 1.61. The van der Waals surface area contributed by atoms with Crippen molar-refractivity contribution in [2.24, 2.45) is 0 Å². The minimum atomic E-state index is -3.00. The minimum absolute atomic E-state index is 0.0134. The number of hydrogen-bond donors (Lipinski definition) is 2. The van der Waals surface area contributed by atoms with Crippen molar-refractivity contribution in [2.75, 3.05) is 11.9 Å². The van der Waals surface area contributed by atoms with E-state index >= 15 is 0 Å². The average molecular weight is 489 g/mol. The fraction of sp³-hybridized carbons (Fsp3) is 0.182. The summed E-state index contributed by atoms with van der Waals surface area (Å²) in [7, 11) is 0. The molecule has 33 heavy (non-hydrogen) atoms. The predicted octanol–water partition coefficient (Wildman–Crippen LogP) is 4.81. The molecule has 11 heteroatoms. The number of halogens is 4. The quantitative estimate of drug-likeness (QED) is 0.428. The third-order valence-electron chi connectivity index (χ3n) is 5.37. The smallest absolute Gasteiger partial charge is 0.284 e. The monoisotopic (exact) mass is 488 g/mol. The van der Waals surface area contributed by atoms with Crippen molar-refractivity contribution in [3.63, 3.8) is 0 Å². The Morgan fingerprint density at radius 2 is 1.91 bits per heavy atom. The van der Waals surface area contributed by atoms with Gasteiger partial charge in [0.05, 0.1) is 15.4 Å². The van der Waals surface area contributed by atoms with E-state index in [0.717, 1.165) is 29.8 Å². The highest BCUT2D eigenvalue weighted by molar-refractivity contribution is 6.37. The van der Waals surface area contributed by atoms with Crippen molar-refractivity contribution in [2.45, 2.75) is 19.4 Å². The summed E-state index contributed by atoms with van der Waals surface area (Å²) in [6.07, 6.45) is -0.868. The molecule has 2 N–H and O–H groups in total. The first-order chi connectivity index (χ1) is 15.9. The van der Waals surface area contributed by atoms with Gasteiger partial charge in [-0.2, -0.15) is 9.78 Å². The summed E-state index contributed by atoms with van der Waals surface area (Å²) in [5, 5.41) is 10.2. The van der Waals surface area contributed by atoms with Gasteiger partial charge < -0.3 is 10.6 Å². The molecule has 0 radical (unpaired) electrons. The minimum Gasteiger partial charge on any atom is -0.324 e. The normalized spacial score (nSPS) is 13.4. The van der Waals surface area contributed by atoms with E-state index in [1.807, 2.05) is 18.2 Å². The second kappa shape index (κ2) is 8.66. The second-order valence-electron chi connectivity index (χ2n) is 7.46. The maximum Gasteiger partial charge on any atom is 0.284 e. The lowest BCUT2D eigenvalue weighted by Gasteiger charge is -2.18. The molecule has 0 saturated heterocycles. The van der Waals surface area contributed by atoms with E-state index in [9.17, 15) is 13.6 Å². The van der Waals surface area contributed by atoms with Gasteiger partial charge in [-0.1, -0.05) is 35.3 Å². The molecule has 5 rings (SSSR count). The maximum absolute atomic E-state index is 13.9. The van der Waals surface area contributed by atoms with Crippen molar-refractivity contribution in [3.05, 3.63) is 79.8 Å². The highest BCUT2D eigenvalue weighted by atomic mass is 35.5. The van der Waals surface area contributed by atoms with E-state index < -0.39 is 17.7 Å². The lowest BCUT2D eigenvalue weighted by atomic mass is 10.0. The standard InChI is InChI=1S/C22H16Cl2F2N6O/c23-15-2-1-3-16(24)19(15)32-21(33)14-10-28-22(30-17(14)18(31-32)20(25)26)29-13-5-4-11-6-7-27-9-12(11)8-13/h1-5,8,10,20,27H,6-7,9H2,(H,28,29,30). The molecule has 0 aliphatic carbocycles. The lowest BCUT2D eigenvalue weighted by molar-refractivity contribution is 0.145. The van der Waals surface area contributed by atoms with Crippen molar-refractivity contribution >= 4 is 45.7 Å². The van der Waals surface area contributed by atoms with Gasteiger partial charge in [0.15, 0.2) is 5.69 Å². The number of nitrogens with one attached hydrogen (secondary N) is 2. The number of fused-ring (bicyclic) bond motifs is 2. The van der Waals surface area contributed by atoms with Gasteiger partial charge in [-0.05, 0) is 48.4 Å². The van der Waals surface area contributed by atoms with Crippen molar-refractivity contribution in [3.8, 4) is 5.69 Å². The molecule has 0 fully saturated rings. The molecule has 4 aromatic rings. The summed E-state index contributed by atoms with van der Waals surface area (Å²) in [6.45, 7) is 1.67. The van der Waals surface area contributed by atoms with Crippen molar-refractivity contribution in [1.82, 2.24) is 25.1 Å². The molecule has 0 spiro atoms. The fourth-order valence-electron chi connectivity index (χ4n) is 3.79. The molecule has 1 aliphatic rings. The number of alkyl halides is 2. The zero-order valence-electron chi connectivity index (χ0n) is 16.9. The molecular weight excluding hydrogens is 473 g/mol. The van der Waals surface area contributed by atoms with Crippen molar-refractivity contribution in [1.29, 1.82) is 0 Å². The van der Waals surface area contributed by atoms with Gasteiger partial charge in [0, 0.05) is 18.4 Å². The van der Waals surface area contributed by atoms with E-state index in [1.54, 1.807) is 6.07 Å². The Morgan fingerprint density at radius 1 is 1.12 bits per heavy atom. The summed E-state index contributed by atoms with van der Waals surface area (Å²) < 4.78 is 28.6. The Morgan fingerprint density at radius 3 is 2.67 bits per heavy atom. The van der Waals surface area contributed by atoms with Gasteiger partial charge in [0.2, 0.25) is 5.95 Å². The van der Waals surface area contributed by atoms with Crippen LogP contribution in [-0.4, -0.2) is 26.3 Å². The highest BCUT2D eigenvalue weighted by Gasteiger charge is 2.23. The molecular formula is C22H16Cl2F2N6O. The van der Waals surface area contributed by atoms with Crippen LogP contribution in [-0.2, 0) is 13.0 Å². The Hall–Kier alpha value is -3.14. The number of aromatic nitrogens is 4. The molecule has 2 aromatic heterocycles. The van der Waals surface area contributed by atoms with Gasteiger partial charge in [-0.3, -0.25) is 4.79 Å². The molecule has 3 heterocycles. The first-order valence-corrected chi connectivity index (χ1v) is 10.8. The topological polar surface area (TPSA) is 84.7 Å². The molecule has 0 unspecified atom stereocenters.